The zero-order valence-corrected chi connectivity index (χ0v) is 13.1. The van der Waals surface area contributed by atoms with Gasteiger partial charge in [0.2, 0.25) is 0 Å². The Hall–Kier alpha value is -3.06. The number of para-hydroxylation sites is 1. The van der Waals surface area contributed by atoms with Crippen molar-refractivity contribution in [3.8, 4) is 6.07 Å². The summed E-state index contributed by atoms with van der Waals surface area (Å²) in [7, 11) is 1.78. The van der Waals surface area contributed by atoms with Gasteiger partial charge in [-0.3, -0.25) is 4.79 Å². The maximum Gasteiger partial charge on any atom is 0.256 e. The largest absolute Gasteiger partial charge is 0.358 e. The summed E-state index contributed by atoms with van der Waals surface area (Å²) in [6.07, 6.45) is 0. The lowest BCUT2D eigenvalue weighted by Crippen LogP contribution is -2.26. The first-order chi connectivity index (χ1) is 11.1. The molecule has 1 heterocycles. The molecule has 4 nitrogen and oxygen atoms in total. The first-order valence-corrected chi connectivity index (χ1v) is 7.42. The van der Waals surface area contributed by atoms with Crippen molar-refractivity contribution in [1.82, 2.24) is 9.88 Å². The molecule has 0 radical (unpaired) electrons. The van der Waals surface area contributed by atoms with E-state index in [1.807, 2.05) is 49.4 Å². The van der Waals surface area contributed by atoms with E-state index in [0.717, 1.165) is 22.2 Å². The Morgan fingerprint density at radius 3 is 2.78 bits per heavy atom. The fourth-order valence-electron chi connectivity index (χ4n) is 2.83. The van der Waals surface area contributed by atoms with Gasteiger partial charge >= 0.3 is 0 Å². The normalized spacial score (nSPS) is 10.5. The summed E-state index contributed by atoms with van der Waals surface area (Å²) in [5, 5.41) is 9.91. The summed E-state index contributed by atoms with van der Waals surface area (Å²) in [6.45, 7) is 2.38. The summed E-state index contributed by atoms with van der Waals surface area (Å²) in [4.78, 5) is 17.8. The van der Waals surface area contributed by atoms with Gasteiger partial charge < -0.3 is 9.88 Å². The van der Waals surface area contributed by atoms with Crippen LogP contribution in [-0.2, 0) is 6.54 Å². The van der Waals surface area contributed by atoms with Crippen LogP contribution in [0.5, 0.6) is 0 Å². The fourth-order valence-corrected chi connectivity index (χ4v) is 2.83. The molecule has 1 aromatic heterocycles. The molecular formula is C19H17N3O. The van der Waals surface area contributed by atoms with Gasteiger partial charge in [-0.1, -0.05) is 30.3 Å². The third kappa shape index (κ3) is 2.82. The van der Waals surface area contributed by atoms with E-state index in [4.69, 9.17) is 5.26 Å². The predicted octanol–water partition coefficient (Wildman–Crippen LogP) is 3.62. The van der Waals surface area contributed by atoms with Crippen molar-refractivity contribution in [3.63, 3.8) is 0 Å². The molecule has 3 aromatic rings. The highest BCUT2D eigenvalue weighted by atomic mass is 16.2. The molecule has 0 saturated carbocycles. The zero-order valence-electron chi connectivity index (χ0n) is 13.1. The number of aromatic nitrogens is 1. The first kappa shape index (κ1) is 14.9. The standard InChI is InChI=1S/C19H17N3O/c1-13-18(16-8-3-4-9-17(16)21-13)19(23)22(2)12-15-7-5-6-14(10-15)11-20/h3-10,21H,12H2,1-2H3. The Kier molecular flexibility index (Phi) is 3.86. The highest BCUT2D eigenvalue weighted by molar-refractivity contribution is 6.07. The number of fused-ring (bicyclic) bond motifs is 1. The minimum Gasteiger partial charge on any atom is -0.358 e. The minimum absolute atomic E-state index is 0.0256. The molecule has 4 heteroatoms. The number of amides is 1. The summed E-state index contributed by atoms with van der Waals surface area (Å²) < 4.78 is 0. The van der Waals surface area contributed by atoms with Crippen molar-refractivity contribution in [3.05, 3.63) is 70.9 Å². The van der Waals surface area contributed by atoms with Gasteiger partial charge in [-0.15, -0.1) is 0 Å². The van der Waals surface area contributed by atoms with Gasteiger partial charge in [-0.05, 0) is 30.7 Å². The van der Waals surface area contributed by atoms with Gasteiger partial charge in [-0.2, -0.15) is 5.26 Å². The van der Waals surface area contributed by atoms with E-state index in [1.54, 1.807) is 18.0 Å². The Balaban J connectivity index is 1.89. The maximum absolute atomic E-state index is 12.8. The number of nitrogens with zero attached hydrogens (tertiary/aromatic N) is 2. The highest BCUT2D eigenvalue weighted by Crippen LogP contribution is 2.23. The molecule has 114 valence electrons. The molecule has 0 aliphatic heterocycles. The molecule has 0 unspecified atom stereocenters. The third-order valence-electron chi connectivity index (χ3n) is 3.93. The molecule has 0 fully saturated rings. The second kappa shape index (κ2) is 5.98. The van der Waals surface area contributed by atoms with Crippen LogP contribution in [0, 0.1) is 18.3 Å². The van der Waals surface area contributed by atoms with Crippen molar-refractivity contribution in [2.75, 3.05) is 7.05 Å². The van der Waals surface area contributed by atoms with E-state index in [-0.39, 0.29) is 5.91 Å². The van der Waals surface area contributed by atoms with Crippen LogP contribution >= 0.6 is 0 Å². The van der Waals surface area contributed by atoms with Crippen LogP contribution in [-0.4, -0.2) is 22.8 Å². The van der Waals surface area contributed by atoms with Gasteiger partial charge in [0.05, 0.1) is 17.2 Å². The number of carbonyl (C=O) groups is 1. The van der Waals surface area contributed by atoms with Crippen molar-refractivity contribution in [2.24, 2.45) is 0 Å². The van der Waals surface area contributed by atoms with Crippen LogP contribution in [0.1, 0.15) is 27.2 Å². The van der Waals surface area contributed by atoms with E-state index >= 15 is 0 Å². The number of H-pyrrole nitrogens is 1. The summed E-state index contributed by atoms with van der Waals surface area (Å²) >= 11 is 0. The summed E-state index contributed by atoms with van der Waals surface area (Å²) in [5.41, 5.74) is 4.09. The number of hydrogen-bond acceptors (Lipinski definition) is 2. The smallest absolute Gasteiger partial charge is 0.256 e. The number of hydrogen-bond donors (Lipinski definition) is 1. The average Bonchev–Trinajstić information content (AvgIpc) is 2.90. The quantitative estimate of drug-likeness (QED) is 0.803. The number of nitriles is 1. The Morgan fingerprint density at radius 1 is 1.22 bits per heavy atom. The van der Waals surface area contributed by atoms with Crippen molar-refractivity contribution < 1.29 is 4.79 Å². The monoisotopic (exact) mass is 303 g/mol. The molecule has 0 aliphatic carbocycles. The van der Waals surface area contributed by atoms with Crippen molar-refractivity contribution in [2.45, 2.75) is 13.5 Å². The number of aromatic amines is 1. The van der Waals surface area contributed by atoms with E-state index in [1.165, 1.54) is 0 Å². The molecule has 3 rings (SSSR count). The Labute approximate surface area is 135 Å². The number of benzene rings is 2. The van der Waals surface area contributed by atoms with Crippen molar-refractivity contribution >= 4 is 16.8 Å². The molecule has 0 aliphatic rings. The number of nitrogens with one attached hydrogen (secondary N) is 1. The highest BCUT2D eigenvalue weighted by Gasteiger charge is 2.19. The summed E-state index contributed by atoms with van der Waals surface area (Å²) in [5.74, 6) is -0.0256. The molecule has 0 atom stereocenters. The third-order valence-corrected chi connectivity index (χ3v) is 3.93. The molecule has 1 amide bonds. The number of aryl methyl sites for hydroxylation is 1. The van der Waals surface area contributed by atoms with E-state index in [0.29, 0.717) is 17.7 Å². The zero-order chi connectivity index (χ0) is 16.4. The molecule has 23 heavy (non-hydrogen) atoms. The lowest BCUT2D eigenvalue weighted by molar-refractivity contribution is 0.0786. The van der Waals surface area contributed by atoms with Crippen molar-refractivity contribution in [1.29, 1.82) is 5.26 Å². The molecule has 0 bridgehead atoms. The fraction of sp³-hybridized carbons (Fsp3) is 0.158. The molecular weight excluding hydrogens is 286 g/mol. The Bertz CT molecular complexity index is 918. The van der Waals surface area contributed by atoms with Crippen LogP contribution in [0.25, 0.3) is 10.9 Å². The van der Waals surface area contributed by atoms with Crippen LogP contribution in [0.2, 0.25) is 0 Å². The van der Waals surface area contributed by atoms with E-state index < -0.39 is 0 Å². The van der Waals surface area contributed by atoms with Gasteiger partial charge in [-0.25, -0.2) is 0 Å². The van der Waals surface area contributed by atoms with Crippen LogP contribution < -0.4 is 0 Å². The van der Waals surface area contributed by atoms with Crippen LogP contribution in [0.3, 0.4) is 0 Å². The number of carbonyl (C=O) groups excluding carboxylic acids is 1. The van der Waals surface area contributed by atoms with Gasteiger partial charge in [0.25, 0.3) is 5.91 Å². The second-order valence-electron chi connectivity index (χ2n) is 5.64. The molecule has 0 spiro atoms. The van der Waals surface area contributed by atoms with E-state index in [2.05, 4.69) is 11.1 Å². The van der Waals surface area contributed by atoms with Gasteiger partial charge in [0, 0.05) is 30.2 Å². The predicted molar refractivity (Wildman–Crippen MR) is 90.0 cm³/mol. The molecule has 2 aromatic carbocycles. The second-order valence-corrected chi connectivity index (χ2v) is 5.64. The lowest BCUT2D eigenvalue weighted by Gasteiger charge is -2.17. The van der Waals surface area contributed by atoms with Gasteiger partial charge in [0.1, 0.15) is 0 Å². The van der Waals surface area contributed by atoms with E-state index in [9.17, 15) is 4.79 Å². The van der Waals surface area contributed by atoms with Crippen LogP contribution in [0.4, 0.5) is 0 Å². The Morgan fingerprint density at radius 2 is 2.00 bits per heavy atom. The first-order valence-electron chi connectivity index (χ1n) is 7.42. The minimum atomic E-state index is -0.0256. The maximum atomic E-state index is 12.8. The lowest BCUT2D eigenvalue weighted by atomic mass is 10.1. The molecule has 0 saturated heterocycles. The number of rotatable bonds is 3. The SMILES string of the molecule is Cc1[nH]c2ccccc2c1C(=O)N(C)Cc1cccc(C#N)c1. The average molecular weight is 303 g/mol. The van der Waals surface area contributed by atoms with Gasteiger partial charge in [0.15, 0.2) is 0 Å². The molecule has 1 N–H and O–H groups in total. The topological polar surface area (TPSA) is 59.9 Å². The summed E-state index contributed by atoms with van der Waals surface area (Å²) in [6, 6.07) is 17.3. The van der Waals surface area contributed by atoms with Crippen LogP contribution in [0.15, 0.2) is 48.5 Å².